The first-order chi connectivity index (χ1) is 8.50. The minimum Gasteiger partial charge on any atom is -0.317 e. The molecule has 6 heteroatoms. The molecule has 0 fully saturated rings. The Morgan fingerprint density at radius 3 is 2.67 bits per heavy atom. The lowest BCUT2D eigenvalue weighted by Gasteiger charge is -2.19. The number of nitriles is 2. The van der Waals surface area contributed by atoms with E-state index in [1.54, 1.807) is 12.1 Å². The van der Waals surface area contributed by atoms with Crippen LogP contribution in [0.15, 0.2) is 17.1 Å². The molecule has 0 spiro atoms. The summed E-state index contributed by atoms with van der Waals surface area (Å²) in [6.45, 7) is 6.01. The molecule has 0 aliphatic heterocycles. The highest BCUT2D eigenvalue weighted by molar-refractivity contribution is 7.16. The van der Waals surface area contributed by atoms with Gasteiger partial charge < -0.3 is 5.32 Å². The van der Waals surface area contributed by atoms with Crippen LogP contribution in [-0.4, -0.2) is 11.5 Å². The molecule has 0 saturated carbocycles. The van der Waals surface area contributed by atoms with Crippen molar-refractivity contribution >= 4 is 22.3 Å². The van der Waals surface area contributed by atoms with E-state index in [2.05, 4.69) is 21.7 Å². The maximum Gasteiger partial charge on any atom is 0.210 e. The van der Waals surface area contributed by atoms with Gasteiger partial charge in [-0.2, -0.15) is 10.5 Å². The summed E-state index contributed by atoms with van der Waals surface area (Å²) >= 11 is 1.32. The molecule has 0 amide bonds. The lowest BCUT2D eigenvalue weighted by molar-refractivity contribution is 0.503. The first-order valence-electron chi connectivity index (χ1n) is 5.52. The molecule has 0 radical (unpaired) electrons. The molecule has 0 saturated heterocycles. The van der Waals surface area contributed by atoms with Gasteiger partial charge >= 0.3 is 0 Å². The van der Waals surface area contributed by atoms with Gasteiger partial charge in [0.15, 0.2) is 6.19 Å². The van der Waals surface area contributed by atoms with E-state index in [0.717, 1.165) is 11.4 Å². The fourth-order valence-electron chi connectivity index (χ4n) is 1.10. The van der Waals surface area contributed by atoms with E-state index in [0.29, 0.717) is 10.8 Å². The van der Waals surface area contributed by atoms with Gasteiger partial charge in [0, 0.05) is 0 Å². The molecule has 5 nitrogen and oxygen atoms in total. The van der Waals surface area contributed by atoms with Crippen molar-refractivity contribution in [1.82, 2.24) is 5.32 Å². The highest BCUT2D eigenvalue weighted by Crippen LogP contribution is 2.21. The van der Waals surface area contributed by atoms with E-state index in [1.165, 1.54) is 11.3 Å². The Morgan fingerprint density at radius 2 is 2.17 bits per heavy atom. The second-order valence-corrected chi connectivity index (χ2v) is 5.35. The van der Waals surface area contributed by atoms with Crippen molar-refractivity contribution in [2.24, 2.45) is 4.99 Å². The number of hydrogen-bond donors (Lipinski definition) is 2. The number of thiophene rings is 1. The Bertz CT molecular complexity index is 515. The zero-order valence-electron chi connectivity index (χ0n) is 10.6. The summed E-state index contributed by atoms with van der Waals surface area (Å²) < 4.78 is 0. The summed E-state index contributed by atoms with van der Waals surface area (Å²) in [4.78, 5) is 5.06. The number of rotatable bonds is 3. The molecule has 18 heavy (non-hydrogen) atoms. The Labute approximate surface area is 111 Å². The molecule has 0 atom stereocenters. The van der Waals surface area contributed by atoms with Gasteiger partial charge in [-0.15, -0.1) is 11.3 Å². The standard InChI is InChI=1S/C12H15N5S/c1-4-12(2,3)17-11(15-8-14)16-10-6-5-9(7-13)18-10/h5-6H,4H2,1-3H3,(H2,15,16,17). The van der Waals surface area contributed by atoms with Crippen molar-refractivity contribution in [3.05, 3.63) is 17.0 Å². The Morgan fingerprint density at radius 1 is 1.44 bits per heavy atom. The highest BCUT2D eigenvalue weighted by atomic mass is 32.1. The lowest BCUT2D eigenvalue weighted by Crippen LogP contribution is -2.31. The minimum absolute atomic E-state index is 0.249. The van der Waals surface area contributed by atoms with Gasteiger partial charge in [-0.25, -0.2) is 4.99 Å². The number of aliphatic imine (C=N–C) groups is 1. The van der Waals surface area contributed by atoms with Crippen molar-refractivity contribution < 1.29 is 0 Å². The molecule has 0 unspecified atom stereocenters. The molecule has 0 aliphatic carbocycles. The maximum atomic E-state index is 8.75. The number of guanidine groups is 1. The van der Waals surface area contributed by atoms with Gasteiger partial charge in [0.1, 0.15) is 10.9 Å². The average molecular weight is 261 g/mol. The van der Waals surface area contributed by atoms with Crippen LogP contribution < -0.4 is 10.6 Å². The van der Waals surface area contributed by atoms with Crippen molar-refractivity contribution in [1.29, 1.82) is 10.5 Å². The minimum atomic E-state index is -0.249. The van der Waals surface area contributed by atoms with Crippen molar-refractivity contribution in [2.75, 3.05) is 5.32 Å². The third-order valence-electron chi connectivity index (χ3n) is 2.41. The van der Waals surface area contributed by atoms with E-state index < -0.39 is 0 Å². The molecule has 1 rings (SSSR count). The maximum absolute atomic E-state index is 8.75. The molecule has 94 valence electrons. The molecular weight excluding hydrogens is 246 g/mol. The van der Waals surface area contributed by atoms with E-state index in [1.807, 2.05) is 27.0 Å². The Balaban J connectivity index is 2.88. The normalized spacial score (nSPS) is 11.5. The zero-order chi connectivity index (χ0) is 13.6. The molecule has 1 aromatic rings. The highest BCUT2D eigenvalue weighted by Gasteiger charge is 2.15. The molecule has 2 N–H and O–H groups in total. The molecule has 0 bridgehead atoms. The first-order valence-corrected chi connectivity index (χ1v) is 6.34. The third kappa shape index (κ3) is 4.08. The van der Waals surface area contributed by atoms with E-state index in [9.17, 15) is 0 Å². The van der Waals surface area contributed by atoms with Crippen LogP contribution in [0, 0.1) is 22.8 Å². The summed E-state index contributed by atoms with van der Waals surface area (Å²) in [5, 5.41) is 23.8. The topological polar surface area (TPSA) is 84.0 Å². The second-order valence-electron chi connectivity index (χ2n) is 4.26. The lowest BCUT2D eigenvalue weighted by atomic mass is 10.0. The Hall–Kier alpha value is -2.05. The molecule has 0 aromatic carbocycles. The van der Waals surface area contributed by atoms with Crippen LogP contribution in [0.4, 0.5) is 5.00 Å². The Kier molecular flexibility index (Phi) is 4.70. The van der Waals surface area contributed by atoms with Crippen LogP contribution in [0.3, 0.4) is 0 Å². The van der Waals surface area contributed by atoms with Gasteiger partial charge in [-0.3, -0.25) is 5.32 Å². The van der Waals surface area contributed by atoms with Gasteiger partial charge in [0.25, 0.3) is 0 Å². The number of hydrogen-bond acceptors (Lipinski definition) is 4. The average Bonchev–Trinajstić information content (AvgIpc) is 2.76. The van der Waals surface area contributed by atoms with Crippen LogP contribution in [0.1, 0.15) is 32.1 Å². The van der Waals surface area contributed by atoms with Crippen molar-refractivity contribution in [3.63, 3.8) is 0 Å². The predicted octanol–water partition coefficient (Wildman–Crippen LogP) is 2.65. The van der Waals surface area contributed by atoms with Gasteiger partial charge in [0.05, 0.1) is 10.5 Å². The number of nitrogens with zero attached hydrogens (tertiary/aromatic N) is 3. The molecule has 1 heterocycles. The monoisotopic (exact) mass is 261 g/mol. The van der Waals surface area contributed by atoms with E-state index in [-0.39, 0.29) is 5.54 Å². The zero-order valence-corrected chi connectivity index (χ0v) is 11.4. The molecule has 1 aromatic heterocycles. The molecular formula is C12H15N5S. The summed E-state index contributed by atoms with van der Waals surface area (Å²) in [5.74, 6) is 0.399. The first kappa shape index (κ1) is 14.0. The third-order valence-corrected chi connectivity index (χ3v) is 3.32. The van der Waals surface area contributed by atoms with Crippen LogP contribution in [-0.2, 0) is 0 Å². The SMILES string of the molecule is CCC(C)(C)N=C(NC#N)Nc1ccc(C#N)s1. The summed E-state index contributed by atoms with van der Waals surface area (Å²) in [5.41, 5.74) is -0.249. The molecule has 0 aliphatic rings. The fraction of sp³-hybridized carbons (Fsp3) is 0.417. The van der Waals surface area contributed by atoms with Crippen molar-refractivity contribution in [2.45, 2.75) is 32.7 Å². The van der Waals surface area contributed by atoms with Crippen LogP contribution in [0.5, 0.6) is 0 Å². The summed E-state index contributed by atoms with van der Waals surface area (Å²) in [6, 6.07) is 5.58. The van der Waals surface area contributed by atoms with Crippen LogP contribution in [0.2, 0.25) is 0 Å². The quantitative estimate of drug-likeness (QED) is 0.379. The van der Waals surface area contributed by atoms with Crippen molar-refractivity contribution in [3.8, 4) is 12.3 Å². The number of nitrogens with one attached hydrogen (secondary N) is 2. The summed E-state index contributed by atoms with van der Waals surface area (Å²) in [6.07, 6.45) is 2.71. The van der Waals surface area contributed by atoms with Crippen LogP contribution in [0.25, 0.3) is 0 Å². The second kappa shape index (κ2) is 6.04. The predicted molar refractivity (Wildman–Crippen MR) is 73.2 cm³/mol. The van der Waals surface area contributed by atoms with Gasteiger partial charge in [-0.05, 0) is 32.4 Å². The van der Waals surface area contributed by atoms with Gasteiger partial charge in [0.2, 0.25) is 5.96 Å². The van der Waals surface area contributed by atoms with Gasteiger partial charge in [-0.1, -0.05) is 6.92 Å². The largest absolute Gasteiger partial charge is 0.317 e. The smallest absolute Gasteiger partial charge is 0.210 e. The van der Waals surface area contributed by atoms with E-state index >= 15 is 0 Å². The van der Waals surface area contributed by atoms with Crippen LogP contribution >= 0.6 is 11.3 Å². The number of anilines is 1. The fourth-order valence-corrected chi connectivity index (χ4v) is 1.81. The summed E-state index contributed by atoms with van der Waals surface area (Å²) in [7, 11) is 0. The van der Waals surface area contributed by atoms with E-state index in [4.69, 9.17) is 10.5 Å².